The minimum Gasteiger partial charge on any atom is -0.373 e. The van der Waals surface area contributed by atoms with E-state index in [1.807, 2.05) is 6.07 Å². The van der Waals surface area contributed by atoms with Crippen molar-refractivity contribution in [2.75, 3.05) is 26.2 Å². The van der Waals surface area contributed by atoms with Crippen LogP contribution in [0.4, 0.5) is 0 Å². The first-order valence-corrected chi connectivity index (χ1v) is 4.87. The maximum Gasteiger partial charge on any atom is 0.133 e. The smallest absolute Gasteiger partial charge is 0.133 e. The lowest BCUT2D eigenvalue weighted by atomic mass is 10.1. The maximum absolute atomic E-state index is 8.56. The van der Waals surface area contributed by atoms with Crippen LogP contribution in [0.3, 0.4) is 0 Å². The number of morpholine rings is 1. The fourth-order valence-corrected chi connectivity index (χ4v) is 1.73. The molecule has 3 nitrogen and oxygen atoms in total. The van der Waals surface area contributed by atoms with Gasteiger partial charge in [-0.1, -0.05) is 0 Å². The molecule has 4 heteroatoms. The maximum atomic E-state index is 8.56. The van der Waals surface area contributed by atoms with Crippen LogP contribution in [0.5, 0.6) is 0 Å². The normalized spacial score (nSPS) is 25.1. The van der Waals surface area contributed by atoms with Gasteiger partial charge in [0.05, 0.1) is 18.3 Å². The van der Waals surface area contributed by atoms with Crippen molar-refractivity contribution in [2.24, 2.45) is 0 Å². The van der Waals surface area contributed by atoms with Crippen LogP contribution in [0, 0.1) is 11.3 Å². The summed E-state index contributed by atoms with van der Waals surface area (Å²) in [6.45, 7) is 7.17. The van der Waals surface area contributed by atoms with Crippen LogP contribution in [-0.4, -0.2) is 42.1 Å². The molecule has 1 aliphatic rings. The third kappa shape index (κ3) is 3.51. The van der Waals surface area contributed by atoms with Crippen molar-refractivity contribution >= 4 is 11.6 Å². The van der Waals surface area contributed by atoms with Gasteiger partial charge in [-0.2, -0.15) is 5.26 Å². The molecule has 0 aromatic heterocycles. The molecule has 0 bridgehead atoms. The highest BCUT2D eigenvalue weighted by Gasteiger charge is 2.27. The molecule has 0 saturated carbocycles. The first kappa shape index (κ1) is 10.8. The molecule has 1 heterocycles. The molecule has 13 heavy (non-hydrogen) atoms. The Morgan fingerprint density at radius 1 is 1.69 bits per heavy atom. The first-order valence-electron chi connectivity index (χ1n) is 4.43. The summed E-state index contributed by atoms with van der Waals surface area (Å²) in [5.74, 6) is 0. The highest BCUT2D eigenvalue weighted by atomic mass is 35.5. The molecule has 1 atom stereocenters. The number of ether oxygens (including phenoxy) is 1. The van der Waals surface area contributed by atoms with E-state index in [1.165, 1.54) is 0 Å². The van der Waals surface area contributed by atoms with E-state index in [9.17, 15) is 0 Å². The van der Waals surface area contributed by atoms with Gasteiger partial charge in [0.15, 0.2) is 0 Å². The fraction of sp³-hybridized carbons (Fsp3) is 0.889. The minimum absolute atomic E-state index is 0.107. The number of nitrogens with zero attached hydrogens (tertiary/aromatic N) is 2. The Hall–Kier alpha value is -0.300. The SMILES string of the molecule is CC1(C)CN(CC(Cl)C#N)CCO1. The summed E-state index contributed by atoms with van der Waals surface area (Å²) in [5.41, 5.74) is -0.107. The van der Waals surface area contributed by atoms with E-state index < -0.39 is 5.38 Å². The topological polar surface area (TPSA) is 36.3 Å². The van der Waals surface area contributed by atoms with Crippen LogP contribution in [0.25, 0.3) is 0 Å². The summed E-state index contributed by atoms with van der Waals surface area (Å²) in [5, 5.41) is 8.15. The number of hydrogen-bond acceptors (Lipinski definition) is 3. The van der Waals surface area contributed by atoms with E-state index in [0.29, 0.717) is 6.54 Å². The number of rotatable bonds is 2. The van der Waals surface area contributed by atoms with Crippen molar-refractivity contribution in [2.45, 2.75) is 24.8 Å². The van der Waals surface area contributed by atoms with Crippen molar-refractivity contribution in [3.05, 3.63) is 0 Å². The molecule has 1 fully saturated rings. The predicted octanol–water partition coefficient (Wildman–Crippen LogP) is 1.23. The molecular weight excluding hydrogens is 188 g/mol. The van der Waals surface area contributed by atoms with Crippen LogP contribution in [0.15, 0.2) is 0 Å². The zero-order valence-corrected chi connectivity index (χ0v) is 8.84. The fourth-order valence-electron chi connectivity index (χ4n) is 1.54. The third-order valence-corrected chi connectivity index (χ3v) is 2.30. The van der Waals surface area contributed by atoms with Crippen LogP contribution in [-0.2, 0) is 4.74 Å². The second-order valence-electron chi connectivity index (χ2n) is 3.94. The second-order valence-corrected chi connectivity index (χ2v) is 4.47. The highest BCUT2D eigenvalue weighted by Crippen LogP contribution is 2.16. The quantitative estimate of drug-likeness (QED) is 0.632. The van der Waals surface area contributed by atoms with Crippen LogP contribution in [0.2, 0.25) is 0 Å². The molecule has 0 aromatic rings. The lowest BCUT2D eigenvalue weighted by Gasteiger charge is -2.38. The standard InChI is InChI=1S/C9H15ClN2O/c1-9(2)7-12(3-4-13-9)6-8(10)5-11/h8H,3-4,6-7H2,1-2H3. The number of halogens is 1. The van der Waals surface area contributed by atoms with Crippen LogP contribution >= 0.6 is 11.6 Å². The zero-order valence-electron chi connectivity index (χ0n) is 8.09. The molecule has 0 aliphatic carbocycles. The van der Waals surface area contributed by atoms with Gasteiger partial charge >= 0.3 is 0 Å². The van der Waals surface area contributed by atoms with Gasteiger partial charge in [-0.25, -0.2) is 0 Å². The molecule has 0 amide bonds. The predicted molar refractivity (Wildman–Crippen MR) is 51.7 cm³/mol. The van der Waals surface area contributed by atoms with Gasteiger partial charge in [0.2, 0.25) is 0 Å². The second kappa shape index (κ2) is 4.28. The van der Waals surface area contributed by atoms with E-state index in [-0.39, 0.29) is 5.60 Å². The van der Waals surface area contributed by atoms with Crippen molar-refractivity contribution in [3.8, 4) is 6.07 Å². The van der Waals surface area contributed by atoms with Crippen LogP contribution in [0.1, 0.15) is 13.8 Å². The molecular formula is C9H15ClN2O. The van der Waals surface area contributed by atoms with E-state index in [4.69, 9.17) is 21.6 Å². The van der Waals surface area contributed by atoms with E-state index in [1.54, 1.807) is 0 Å². The summed E-state index contributed by atoms with van der Waals surface area (Å²) in [7, 11) is 0. The Morgan fingerprint density at radius 2 is 2.38 bits per heavy atom. The first-order chi connectivity index (χ1) is 6.03. The molecule has 0 N–H and O–H groups in total. The summed E-state index contributed by atoms with van der Waals surface area (Å²) in [6, 6.07) is 2.02. The monoisotopic (exact) mass is 202 g/mol. The zero-order chi connectivity index (χ0) is 9.90. The Kier molecular flexibility index (Phi) is 3.55. The van der Waals surface area contributed by atoms with Gasteiger partial charge in [-0.05, 0) is 13.8 Å². The van der Waals surface area contributed by atoms with E-state index in [2.05, 4.69) is 18.7 Å². The van der Waals surface area contributed by atoms with Gasteiger partial charge in [0.1, 0.15) is 5.38 Å². The van der Waals surface area contributed by atoms with Gasteiger partial charge in [-0.3, -0.25) is 4.90 Å². The molecule has 1 aliphatic heterocycles. The number of alkyl halides is 1. The van der Waals surface area contributed by atoms with Crippen molar-refractivity contribution < 1.29 is 4.74 Å². The molecule has 0 spiro atoms. The van der Waals surface area contributed by atoms with Gasteiger partial charge in [-0.15, -0.1) is 11.6 Å². The Labute approximate surface area is 84.2 Å². The average molecular weight is 203 g/mol. The average Bonchev–Trinajstić information content (AvgIpc) is 2.02. The third-order valence-electron chi connectivity index (χ3n) is 2.06. The highest BCUT2D eigenvalue weighted by molar-refractivity contribution is 6.22. The van der Waals surface area contributed by atoms with Crippen molar-refractivity contribution in [3.63, 3.8) is 0 Å². The summed E-state index contributed by atoms with van der Waals surface area (Å²) in [4.78, 5) is 2.17. The van der Waals surface area contributed by atoms with Gasteiger partial charge in [0, 0.05) is 19.6 Å². The van der Waals surface area contributed by atoms with Gasteiger partial charge in [0.25, 0.3) is 0 Å². The van der Waals surface area contributed by atoms with E-state index in [0.717, 1.165) is 19.7 Å². The molecule has 1 rings (SSSR count). The van der Waals surface area contributed by atoms with Crippen molar-refractivity contribution in [1.29, 1.82) is 5.26 Å². The molecule has 74 valence electrons. The Bertz CT molecular complexity index is 212. The number of hydrogen-bond donors (Lipinski definition) is 0. The Morgan fingerprint density at radius 3 is 2.92 bits per heavy atom. The molecule has 0 radical (unpaired) electrons. The van der Waals surface area contributed by atoms with E-state index >= 15 is 0 Å². The summed E-state index contributed by atoms with van der Waals surface area (Å²) >= 11 is 5.75. The number of nitriles is 1. The van der Waals surface area contributed by atoms with Crippen molar-refractivity contribution in [1.82, 2.24) is 4.90 Å². The summed E-state index contributed by atoms with van der Waals surface area (Å²) < 4.78 is 5.54. The largest absolute Gasteiger partial charge is 0.373 e. The molecule has 0 aromatic carbocycles. The lowest BCUT2D eigenvalue weighted by Crippen LogP contribution is -2.49. The molecule has 1 saturated heterocycles. The van der Waals surface area contributed by atoms with Gasteiger partial charge < -0.3 is 4.74 Å². The van der Waals surface area contributed by atoms with Crippen LogP contribution < -0.4 is 0 Å². The minimum atomic E-state index is -0.408. The lowest BCUT2D eigenvalue weighted by molar-refractivity contribution is -0.0851. The summed E-state index contributed by atoms with van der Waals surface area (Å²) in [6.07, 6.45) is 0. The Balaban J connectivity index is 2.40. The molecule has 1 unspecified atom stereocenters.